The van der Waals surface area contributed by atoms with E-state index in [0.29, 0.717) is 0 Å². The predicted molar refractivity (Wildman–Crippen MR) is 90.0 cm³/mol. The van der Waals surface area contributed by atoms with Crippen molar-refractivity contribution in [2.24, 2.45) is 0 Å². The van der Waals surface area contributed by atoms with Crippen molar-refractivity contribution in [1.82, 2.24) is 5.32 Å². The fourth-order valence-electron chi connectivity index (χ4n) is 2.64. The third kappa shape index (κ3) is 4.58. The van der Waals surface area contributed by atoms with Crippen LogP contribution in [0.25, 0.3) is 0 Å². The minimum Gasteiger partial charge on any atom is -0.508 e. The zero-order valence-electron chi connectivity index (χ0n) is 13.3. The van der Waals surface area contributed by atoms with Crippen molar-refractivity contribution in [3.63, 3.8) is 0 Å². The lowest BCUT2D eigenvalue weighted by Crippen LogP contribution is -2.33. The van der Waals surface area contributed by atoms with E-state index in [1.165, 1.54) is 5.56 Å². The molecule has 0 bridgehead atoms. The van der Waals surface area contributed by atoms with Gasteiger partial charge in [0.05, 0.1) is 6.10 Å². The van der Waals surface area contributed by atoms with E-state index in [4.69, 9.17) is 0 Å². The molecule has 0 fully saturated rings. The highest BCUT2D eigenvalue weighted by Crippen LogP contribution is 2.24. The first kappa shape index (κ1) is 16.5. The van der Waals surface area contributed by atoms with Crippen molar-refractivity contribution in [1.29, 1.82) is 0 Å². The number of benzene rings is 2. The van der Waals surface area contributed by atoms with Crippen LogP contribution in [0.4, 0.5) is 0 Å². The number of rotatable bonds is 7. The first-order valence-corrected chi connectivity index (χ1v) is 7.83. The van der Waals surface area contributed by atoms with Crippen LogP contribution >= 0.6 is 0 Å². The summed E-state index contributed by atoms with van der Waals surface area (Å²) >= 11 is 0. The second-order valence-corrected chi connectivity index (χ2v) is 5.82. The van der Waals surface area contributed by atoms with E-state index in [-0.39, 0.29) is 11.8 Å². The summed E-state index contributed by atoms with van der Waals surface area (Å²) < 4.78 is 0. The molecule has 22 heavy (non-hydrogen) atoms. The zero-order valence-corrected chi connectivity index (χ0v) is 13.3. The lowest BCUT2D eigenvalue weighted by Gasteiger charge is -2.22. The SMILES string of the molecule is Cc1cc(O)ccc1C(O)C(C)NCCCc1ccccc1. The van der Waals surface area contributed by atoms with Crippen molar-refractivity contribution in [2.75, 3.05) is 6.54 Å². The summed E-state index contributed by atoms with van der Waals surface area (Å²) in [5.41, 5.74) is 3.11. The molecule has 2 aromatic carbocycles. The molecule has 0 aliphatic rings. The molecule has 0 saturated heterocycles. The quantitative estimate of drug-likeness (QED) is 0.687. The summed E-state index contributed by atoms with van der Waals surface area (Å²) in [7, 11) is 0. The minimum absolute atomic E-state index is 0.0287. The highest BCUT2D eigenvalue weighted by atomic mass is 16.3. The van der Waals surface area contributed by atoms with Crippen LogP contribution in [0.1, 0.15) is 36.1 Å². The maximum absolute atomic E-state index is 10.4. The number of nitrogens with one attached hydrogen (secondary N) is 1. The lowest BCUT2D eigenvalue weighted by atomic mass is 9.98. The molecule has 3 N–H and O–H groups in total. The second kappa shape index (κ2) is 7.97. The largest absolute Gasteiger partial charge is 0.508 e. The molecule has 0 spiro atoms. The van der Waals surface area contributed by atoms with Gasteiger partial charge >= 0.3 is 0 Å². The first-order chi connectivity index (χ1) is 10.6. The number of aliphatic hydroxyl groups is 1. The third-order valence-corrected chi connectivity index (χ3v) is 4.00. The number of aryl methyl sites for hydroxylation is 2. The molecule has 118 valence electrons. The van der Waals surface area contributed by atoms with Crippen molar-refractivity contribution >= 4 is 0 Å². The van der Waals surface area contributed by atoms with E-state index in [2.05, 4.69) is 29.6 Å². The summed E-state index contributed by atoms with van der Waals surface area (Å²) in [5, 5.41) is 23.3. The first-order valence-electron chi connectivity index (χ1n) is 7.83. The second-order valence-electron chi connectivity index (χ2n) is 5.82. The van der Waals surface area contributed by atoms with Gasteiger partial charge in [-0.15, -0.1) is 0 Å². The fourth-order valence-corrected chi connectivity index (χ4v) is 2.64. The molecule has 0 radical (unpaired) electrons. The molecule has 2 aromatic rings. The summed E-state index contributed by atoms with van der Waals surface area (Å²) in [5.74, 6) is 0.233. The van der Waals surface area contributed by atoms with Crippen LogP contribution < -0.4 is 5.32 Å². The molecule has 0 aliphatic heterocycles. The third-order valence-electron chi connectivity index (χ3n) is 4.00. The maximum Gasteiger partial charge on any atom is 0.115 e. The highest BCUT2D eigenvalue weighted by molar-refractivity contribution is 5.35. The van der Waals surface area contributed by atoms with Gasteiger partial charge < -0.3 is 15.5 Å². The van der Waals surface area contributed by atoms with E-state index >= 15 is 0 Å². The van der Waals surface area contributed by atoms with E-state index in [1.54, 1.807) is 18.2 Å². The van der Waals surface area contributed by atoms with Gasteiger partial charge in [-0.25, -0.2) is 0 Å². The Hall–Kier alpha value is -1.84. The van der Waals surface area contributed by atoms with Crippen LogP contribution in [-0.2, 0) is 6.42 Å². The van der Waals surface area contributed by atoms with Crippen LogP contribution in [0, 0.1) is 6.92 Å². The number of aliphatic hydroxyl groups excluding tert-OH is 1. The molecule has 3 nitrogen and oxygen atoms in total. The van der Waals surface area contributed by atoms with Crippen LogP contribution in [0.3, 0.4) is 0 Å². The summed E-state index contributed by atoms with van der Waals surface area (Å²) in [6.07, 6.45) is 1.50. The average molecular weight is 299 g/mol. The molecule has 0 heterocycles. The Bertz CT molecular complexity index is 583. The Kier molecular flexibility index (Phi) is 5.99. The predicted octanol–water partition coefficient (Wildman–Crippen LogP) is 3.34. The average Bonchev–Trinajstić information content (AvgIpc) is 2.52. The Morgan fingerprint density at radius 1 is 1.09 bits per heavy atom. The lowest BCUT2D eigenvalue weighted by molar-refractivity contribution is 0.135. The molecular weight excluding hydrogens is 274 g/mol. The van der Waals surface area contributed by atoms with Crippen molar-refractivity contribution in [3.05, 3.63) is 65.2 Å². The van der Waals surface area contributed by atoms with Gasteiger partial charge in [-0.05, 0) is 62.1 Å². The van der Waals surface area contributed by atoms with Crippen molar-refractivity contribution in [3.8, 4) is 5.75 Å². The molecule has 2 atom stereocenters. The van der Waals surface area contributed by atoms with Gasteiger partial charge in [0.15, 0.2) is 0 Å². The van der Waals surface area contributed by atoms with E-state index in [1.807, 2.05) is 19.9 Å². The fraction of sp³-hybridized carbons (Fsp3) is 0.368. The molecule has 0 amide bonds. The van der Waals surface area contributed by atoms with Gasteiger partial charge in [-0.1, -0.05) is 36.4 Å². The smallest absolute Gasteiger partial charge is 0.115 e. The number of aromatic hydroxyl groups is 1. The molecule has 0 aliphatic carbocycles. The molecule has 2 rings (SSSR count). The van der Waals surface area contributed by atoms with Crippen molar-refractivity contribution in [2.45, 2.75) is 38.8 Å². The van der Waals surface area contributed by atoms with Crippen LogP contribution in [0.15, 0.2) is 48.5 Å². The van der Waals surface area contributed by atoms with Gasteiger partial charge in [0.2, 0.25) is 0 Å². The van der Waals surface area contributed by atoms with Gasteiger partial charge in [0, 0.05) is 6.04 Å². The molecule has 0 saturated carbocycles. The monoisotopic (exact) mass is 299 g/mol. The standard InChI is InChI=1S/C19H25NO2/c1-14-13-17(21)10-11-18(14)19(22)15(2)20-12-6-9-16-7-4-3-5-8-16/h3-5,7-8,10-11,13,15,19-22H,6,9,12H2,1-2H3. The Balaban J connectivity index is 1.80. The Morgan fingerprint density at radius 2 is 1.82 bits per heavy atom. The number of phenols is 1. The number of phenolic OH excluding ortho intramolecular Hbond substituents is 1. The maximum atomic E-state index is 10.4. The van der Waals surface area contributed by atoms with Crippen molar-refractivity contribution < 1.29 is 10.2 Å². The molecule has 2 unspecified atom stereocenters. The van der Waals surface area contributed by atoms with Crippen LogP contribution in [0.5, 0.6) is 5.75 Å². The van der Waals surface area contributed by atoms with Crippen LogP contribution in [0.2, 0.25) is 0 Å². The van der Waals surface area contributed by atoms with Gasteiger partial charge in [0.25, 0.3) is 0 Å². The normalized spacial score (nSPS) is 13.8. The minimum atomic E-state index is -0.572. The highest BCUT2D eigenvalue weighted by Gasteiger charge is 2.17. The van der Waals surface area contributed by atoms with Crippen LogP contribution in [-0.4, -0.2) is 22.8 Å². The summed E-state index contributed by atoms with van der Waals surface area (Å²) in [4.78, 5) is 0. The zero-order chi connectivity index (χ0) is 15.9. The van der Waals surface area contributed by atoms with Gasteiger partial charge in [-0.2, -0.15) is 0 Å². The van der Waals surface area contributed by atoms with Gasteiger partial charge in [-0.3, -0.25) is 0 Å². The Labute approximate surface area is 132 Å². The number of hydrogen-bond acceptors (Lipinski definition) is 3. The Morgan fingerprint density at radius 3 is 2.50 bits per heavy atom. The van der Waals surface area contributed by atoms with E-state index in [0.717, 1.165) is 30.5 Å². The topological polar surface area (TPSA) is 52.5 Å². The number of hydrogen-bond donors (Lipinski definition) is 3. The summed E-state index contributed by atoms with van der Waals surface area (Å²) in [6.45, 7) is 4.75. The van der Waals surface area contributed by atoms with Gasteiger partial charge in [0.1, 0.15) is 5.75 Å². The molecule has 0 aromatic heterocycles. The van der Waals surface area contributed by atoms with E-state index < -0.39 is 6.10 Å². The summed E-state index contributed by atoms with van der Waals surface area (Å²) in [6, 6.07) is 15.5. The van der Waals surface area contributed by atoms with E-state index in [9.17, 15) is 10.2 Å². The molecular formula is C19H25NO2. The molecule has 3 heteroatoms.